The molecule has 58 heavy (non-hydrogen) atoms. The van der Waals surface area contributed by atoms with Gasteiger partial charge in [-0.3, -0.25) is 0 Å². The molecule has 0 saturated heterocycles. The van der Waals surface area contributed by atoms with E-state index < -0.39 is 0 Å². The van der Waals surface area contributed by atoms with Crippen molar-refractivity contribution in [3.05, 3.63) is 233 Å². The van der Waals surface area contributed by atoms with E-state index >= 15 is 0 Å². The average molecular weight is 750 g/mol. The molecule has 284 valence electrons. The summed E-state index contributed by atoms with van der Waals surface area (Å²) in [4.78, 5) is 2.35. The molecule has 0 aromatic heterocycles. The Bertz CT molecular complexity index is 2690. The lowest BCUT2D eigenvalue weighted by molar-refractivity contribution is 0.590. The van der Waals surface area contributed by atoms with E-state index in [1.807, 2.05) is 0 Å². The normalized spacial score (nSPS) is 13.7. The highest BCUT2D eigenvalue weighted by atomic mass is 15.1. The number of para-hydroxylation sites is 2. The first-order chi connectivity index (χ1) is 28.1. The van der Waals surface area contributed by atoms with Crippen molar-refractivity contribution in [2.45, 2.75) is 57.8 Å². The van der Waals surface area contributed by atoms with Crippen LogP contribution in [0, 0.1) is 0 Å². The molecule has 9 rings (SSSR count). The molecule has 0 spiro atoms. The lowest BCUT2D eigenvalue weighted by Gasteiger charge is -2.28. The highest BCUT2D eigenvalue weighted by Gasteiger charge is 2.36. The van der Waals surface area contributed by atoms with Crippen molar-refractivity contribution in [1.29, 1.82) is 0 Å². The van der Waals surface area contributed by atoms with Gasteiger partial charge in [0, 0.05) is 28.4 Å². The van der Waals surface area contributed by atoms with Crippen LogP contribution in [-0.2, 0) is 17.3 Å². The van der Waals surface area contributed by atoms with Gasteiger partial charge in [0.15, 0.2) is 0 Å². The Labute approximate surface area is 345 Å². The van der Waals surface area contributed by atoms with Crippen molar-refractivity contribution in [1.82, 2.24) is 0 Å². The van der Waals surface area contributed by atoms with Crippen molar-refractivity contribution in [2.24, 2.45) is 0 Å². The Kier molecular flexibility index (Phi) is 9.70. The van der Waals surface area contributed by atoms with Crippen LogP contribution >= 0.6 is 0 Å². The van der Waals surface area contributed by atoms with Crippen LogP contribution in [0.4, 0.5) is 17.1 Å². The van der Waals surface area contributed by atoms with E-state index in [2.05, 4.69) is 240 Å². The minimum absolute atomic E-state index is 0.135. The average Bonchev–Trinajstić information content (AvgIpc) is 3.47. The number of anilines is 3. The number of rotatable bonds is 9. The van der Waals surface area contributed by atoms with E-state index in [9.17, 15) is 0 Å². The van der Waals surface area contributed by atoms with E-state index in [0.717, 1.165) is 17.8 Å². The standard InChI is InChI=1S/C57H51N/c1-56(2,3)45-32-27-41(28-33-45)37-53(50-22-14-16-43-15-12-13-21-49(43)50)44-30-25-40(26-31-44)23-24-42-29-35-51-52-36-34-48(39-55(52)57(4,5)54(51)38-42)58(46-17-8-6-9-18-46)47-19-10-7-11-20-47/h6-36,38-39,53H,37H2,1-5H3. The summed E-state index contributed by atoms with van der Waals surface area (Å²) < 4.78 is 0. The van der Waals surface area contributed by atoms with Crippen LogP contribution in [0.3, 0.4) is 0 Å². The zero-order valence-electron chi connectivity index (χ0n) is 34.3. The molecule has 8 aromatic rings. The maximum absolute atomic E-state index is 2.40. The summed E-state index contributed by atoms with van der Waals surface area (Å²) in [5, 5.41) is 2.61. The molecule has 1 aliphatic rings. The molecule has 0 radical (unpaired) electrons. The topological polar surface area (TPSA) is 3.24 Å². The van der Waals surface area contributed by atoms with Gasteiger partial charge in [-0.2, -0.15) is 0 Å². The van der Waals surface area contributed by atoms with Gasteiger partial charge in [0.2, 0.25) is 0 Å². The van der Waals surface area contributed by atoms with Crippen molar-refractivity contribution >= 4 is 40.0 Å². The molecule has 0 aliphatic heterocycles. The van der Waals surface area contributed by atoms with Crippen molar-refractivity contribution < 1.29 is 0 Å². The monoisotopic (exact) mass is 749 g/mol. The molecule has 1 unspecified atom stereocenters. The molecule has 1 nitrogen and oxygen atoms in total. The summed E-state index contributed by atoms with van der Waals surface area (Å²) in [7, 11) is 0. The van der Waals surface area contributed by atoms with Crippen LogP contribution in [0.1, 0.15) is 85.0 Å². The Hall–Kier alpha value is -6.44. The Balaban J connectivity index is 0.991. The molecule has 1 atom stereocenters. The Morgan fingerprint density at radius 2 is 1.09 bits per heavy atom. The van der Waals surface area contributed by atoms with E-state index in [0.29, 0.717) is 0 Å². The van der Waals surface area contributed by atoms with Gasteiger partial charge in [-0.25, -0.2) is 0 Å². The lowest BCUT2D eigenvalue weighted by Crippen LogP contribution is -2.16. The summed E-state index contributed by atoms with van der Waals surface area (Å²) >= 11 is 0. The molecule has 1 aliphatic carbocycles. The van der Waals surface area contributed by atoms with Gasteiger partial charge in [0.25, 0.3) is 0 Å². The van der Waals surface area contributed by atoms with Gasteiger partial charge < -0.3 is 4.90 Å². The second kappa shape index (κ2) is 15.1. The van der Waals surface area contributed by atoms with Gasteiger partial charge in [0.1, 0.15) is 0 Å². The third-order valence-corrected chi connectivity index (χ3v) is 12.2. The van der Waals surface area contributed by atoms with Gasteiger partial charge in [-0.1, -0.05) is 198 Å². The van der Waals surface area contributed by atoms with E-state index in [-0.39, 0.29) is 16.7 Å². The highest BCUT2D eigenvalue weighted by Crippen LogP contribution is 2.51. The zero-order valence-corrected chi connectivity index (χ0v) is 34.3. The quantitative estimate of drug-likeness (QED) is 0.133. The minimum Gasteiger partial charge on any atom is -0.310 e. The van der Waals surface area contributed by atoms with Crippen LogP contribution < -0.4 is 4.90 Å². The number of nitrogens with zero attached hydrogens (tertiary/aromatic N) is 1. The first kappa shape index (κ1) is 37.2. The van der Waals surface area contributed by atoms with Crippen LogP contribution in [-0.4, -0.2) is 0 Å². The fourth-order valence-electron chi connectivity index (χ4n) is 8.96. The smallest absolute Gasteiger partial charge is 0.0465 e. The van der Waals surface area contributed by atoms with Crippen molar-refractivity contribution in [2.75, 3.05) is 4.90 Å². The molecule has 0 saturated carbocycles. The predicted molar refractivity (Wildman–Crippen MR) is 249 cm³/mol. The third kappa shape index (κ3) is 7.18. The summed E-state index contributed by atoms with van der Waals surface area (Å²) in [6.07, 6.45) is 5.47. The minimum atomic E-state index is -0.144. The number of hydrogen-bond acceptors (Lipinski definition) is 1. The van der Waals surface area contributed by atoms with Crippen LogP contribution in [0.25, 0.3) is 34.1 Å². The van der Waals surface area contributed by atoms with Crippen LogP contribution in [0.15, 0.2) is 188 Å². The summed E-state index contributed by atoms with van der Waals surface area (Å²) in [5.41, 5.74) is 16.7. The first-order valence-electron chi connectivity index (χ1n) is 20.7. The Morgan fingerprint density at radius 1 is 0.517 bits per heavy atom. The molecule has 0 amide bonds. The second-order valence-corrected chi connectivity index (χ2v) is 17.4. The predicted octanol–water partition coefficient (Wildman–Crippen LogP) is 15.5. The maximum Gasteiger partial charge on any atom is 0.0465 e. The fraction of sp³-hybridized carbons (Fsp3) is 0.158. The number of fused-ring (bicyclic) bond motifs is 4. The lowest BCUT2D eigenvalue weighted by atomic mass is 9.81. The fourth-order valence-corrected chi connectivity index (χ4v) is 8.96. The molecule has 0 heterocycles. The molecule has 0 bridgehead atoms. The van der Waals surface area contributed by atoms with Crippen LogP contribution in [0.5, 0.6) is 0 Å². The third-order valence-electron chi connectivity index (χ3n) is 12.2. The molecule has 1 heteroatoms. The SMILES string of the molecule is CC(C)(C)c1ccc(CC(c2ccc(C=Cc3ccc4c(c3)C(C)(C)c3cc(N(c5ccccc5)c5ccccc5)ccc3-4)cc2)c2cccc3ccccc23)cc1. The van der Waals surface area contributed by atoms with Crippen molar-refractivity contribution in [3.8, 4) is 11.1 Å². The molecular formula is C57H51N. The summed E-state index contributed by atoms with van der Waals surface area (Å²) in [5.74, 6) is 0.234. The van der Waals surface area contributed by atoms with E-state index in [4.69, 9.17) is 0 Å². The molecule has 0 fully saturated rings. The summed E-state index contributed by atoms with van der Waals surface area (Å²) in [6, 6.07) is 69.4. The van der Waals surface area contributed by atoms with Gasteiger partial charge >= 0.3 is 0 Å². The van der Waals surface area contributed by atoms with E-state index in [1.165, 1.54) is 72.1 Å². The number of hydrogen-bond donors (Lipinski definition) is 0. The van der Waals surface area contributed by atoms with Gasteiger partial charge in [0.05, 0.1) is 0 Å². The van der Waals surface area contributed by atoms with Crippen LogP contribution in [0.2, 0.25) is 0 Å². The van der Waals surface area contributed by atoms with E-state index in [1.54, 1.807) is 0 Å². The Morgan fingerprint density at radius 3 is 1.76 bits per heavy atom. The second-order valence-electron chi connectivity index (χ2n) is 17.4. The molecule has 8 aromatic carbocycles. The highest BCUT2D eigenvalue weighted by molar-refractivity contribution is 5.88. The molecular weight excluding hydrogens is 699 g/mol. The largest absolute Gasteiger partial charge is 0.310 e. The zero-order chi connectivity index (χ0) is 39.9. The maximum atomic E-state index is 2.40. The van der Waals surface area contributed by atoms with Gasteiger partial charge in [-0.05, 0) is 115 Å². The van der Waals surface area contributed by atoms with Gasteiger partial charge in [-0.15, -0.1) is 0 Å². The van der Waals surface area contributed by atoms with Crippen molar-refractivity contribution in [3.63, 3.8) is 0 Å². The number of benzene rings is 8. The molecule has 0 N–H and O–H groups in total. The summed E-state index contributed by atoms with van der Waals surface area (Å²) in [6.45, 7) is 11.6. The first-order valence-corrected chi connectivity index (χ1v) is 20.7.